The van der Waals surface area contributed by atoms with Crippen molar-refractivity contribution in [2.45, 2.75) is 6.92 Å². The average molecular weight is 289 g/mol. The predicted molar refractivity (Wildman–Crippen MR) is 68.0 cm³/mol. The SMILES string of the molecule is Cc1ccc(Br)c(OCCN)c1OCCN. The Hall–Kier alpha value is -0.780. The number of aryl methyl sites for hydroxylation is 1. The van der Waals surface area contributed by atoms with E-state index in [1.165, 1.54) is 0 Å². The van der Waals surface area contributed by atoms with Crippen LogP contribution in [-0.4, -0.2) is 26.3 Å². The first-order valence-electron chi connectivity index (χ1n) is 5.15. The molecule has 0 radical (unpaired) electrons. The van der Waals surface area contributed by atoms with Crippen molar-refractivity contribution in [2.75, 3.05) is 26.3 Å². The van der Waals surface area contributed by atoms with Gasteiger partial charge in [0.25, 0.3) is 0 Å². The zero-order valence-corrected chi connectivity index (χ0v) is 10.9. The van der Waals surface area contributed by atoms with Crippen LogP contribution in [0.3, 0.4) is 0 Å². The number of hydrogen-bond acceptors (Lipinski definition) is 4. The minimum atomic E-state index is 0.459. The Kier molecular flexibility index (Phi) is 5.59. The van der Waals surface area contributed by atoms with Gasteiger partial charge in [-0.1, -0.05) is 6.07 Å². The predicted octanol–water partition coefficient (Wildman–Crippen LogP) is 1.43. The van der Waals surface area contributed by atoms with Crippen LogP contribution in [0.5, 0.6) is 11.5 Å². The largest absolute Gasteiger partial charge is 0.488 e. The Morgan fingerprint density at radius 3 is 2.19 bits per heavy atom. The number of benzene rings is 1. The molecule has 0 aromatic heterocycles. The highest BCUT2D eigenvalue weighted by Crippen LogP contribution is 2.37. The van der Waals surface area contributed by atoms with Gasteiger partial charge in [0.05, 0.1) is 4.47 Å². The molecule has 16 heavy (non-hydrogen) atoms. The average Bonchev–Trinajstić information content (AvgIpc) is 2.29. The van der Waals surface area contributed by atoms with Gasteiger partial charge < -0.3 is 20.9 Å². The maximum absolute atomic E-state index is 5.57. The standard InChI is InChI=1S/C11H17BrN2O2/c1-8-2-3-9(12)11(16-7-5-14)10(8)15-6-4-13/h2-3H,4-7,13-14H2,1H3. The van der Waals surface area contributed by atoms with Crippen LogP contribution in [0.15, 0.2) is 16.6 Å². The van der Waals surface area contributed by atoms with E-state index in [-0.39, 0.29) is 0 Å². The topological polar surface area (TPSA) is 70.5 Å². The van der Waals surface area contributed by atoms with Gasteiger partial charge in [-0.15, -0.1) is 0 Å². The first-order chi connectivity index (χ1) is 7.70. The van der Waals surface area contributed by atoms with Crippen molar-refractivity contribution in [1.82, 2.24) is 0 Å². The molecule has 5 heteroatoms. The van der Waals surface area contributed by atoms with E-state index >= 15 is 0 Å². The summed E-state index contributed by atoms with van der Waals surface area (Å²) in [6.45, 7) is 3.84. The summed E-state index contributed by atoms with van der Waals surface area (Å²) in [5, 5.41) is 0. The first kappa shape index (κ1) is 13.3. The van der Waals surface area contributed by atoms with Crippen LogP contribution in [0.2, 0.25) is 0 Å². The van der Waals surface area contributed by atoms with Crippen LogP contribution >= 0.6 is 15.9 Å². The van der Waals surface area contributed by atoms with Crippen LogP contribution in [-0.2, 0) is 0 Å². The third-order valence-corrected chi connectivity index (χ3v) is 2.61. The van der Waals surface area contributed by atoms with Gasteiger partial charge in [0.1, 0.15) is 13.2 Å². The quantitative estimate of drug-likeness (QED) is 0.831. The summed E-state index contributed by atoms with van der Waals surface area (Å²) in [7, 11) is 0. The van der Waals surface area contributed by atoms with Crippen LogP contribution in [0, 0.1) is 6.92 Å². The van der Waals surface area contributed by atoms with Crippen molar-refractivity contribution >= 4 is 15.9 Å². The number of nitrogens with two attached hydrogens (primary N) is 2. The van der Waals surface area contributed by atoms with Crippen molar-refractivity contribution in [3.05, 3.63) is 22.2 Å². The summed E-state index contributed by atoms with van der Waals surface area (Å²) in [5.41, 5.74) is 11.8. The first-order valence-corrected chi connectivity index (χ1v) is 5.94. The maximum atomic E-state index is 5.57. The third-order valence-electron chi connectivity index (χ3n) is 1.99. The summed E-state index contributed by atoms with van der Waals surface area (Å²) in [5.74, 6) is 1.42. The van der Waals surface area contributed by atoms with Gasteiger partial charge in [-0.25, -0.2) is 0 Å². The van der Waals surface area contributed by atoms with E-state index in [1.807, 2.05) is 19.1 Å². The molecule has 0 amide bonds. The van der Waals surface area contributed by atoms with Crippen LogP contribution in [0.4, 0.5) is 0 Å². The molecule has 0 unspecified atom stereocenters. The second kappa shape index (κ2) is 6.73. The smallest absolute Gasteiger partial charge is 0.175 e. The minimum Gasteiger partial charge on any atom is -0.488 e. The number of halogens is 1. The maximum Gasteiger partial charge on any atom is 0.175 e. The molecule has 0 fully saturated rings. The summed E-state index contributed by atoms with van der Waals surface area (Å²) in [6, 6.07) is 3.89. The van der Waals surface area contributed by atoms with Gasteiger partial charge in [0.2, 0.25) is 0 Å². The molecule has 1 aromatic rings. The molecule has 0 spiro atoms. The highest BCUT2D eigenvalue weighted by Gasteiger charge is 2.12. The molecule has 0 aliphatic rings. The Balaban J connectivity index is 2.94. The molecule has 4 nitrogen and oxygen atoms in total. The van der Waals surface area contributed by atoms with E-state index in [9.17, 15) is 0 Å². The van der Waals surface area contributed by atoms with Crippen molar-refractivity contribution in [3.8, 4) is 11.5 Å². The van der Waals surface area contributed by atoms with Crippen molar-refractivity contribution in [1.29, 1.82) is 0 Å². The van der Waals surface area contributed by atoms with Gasteiger partial charge in [-0.2, -0.15) is 0 Å². The molecular weight excluding hydrogens is 272 g/mol. The highest BCUT2D eigenvalue weighted by atomic mass is 79.9. The van der Waals surface area contributed by atoms with Crippen LogP contribution in [0.1, 0.15) is 5.56 Å². The third kappa shape index (κ3) is 3.37. The summed E-state index contributed by atoms with van der Waals surface area (Å²) < 4.78 is 12.0. The molecule has 1 rings (SSSR count). The van der Waals surface area contributed by atoms with Gasteiger partial charge in [-0.3, -0.25) is 0 Å². The van der Waals surface area contributed by atoms with Gasteiger partial charge in [0, 0.05) is 13.1 Å². The molecule has 0 saturated heterocycles. The zero-order valence-electron chi connectivity index (χ0n) is 9.33. The lowest BCUT2D eigenvalue weighted by Crippen LogP contribution is -2.14. The van der Waals surface area contributed by atoms with E-state index in [0.717, 1.165) is 15.8 Å². The Morgan fingerprint density at radius 1 is 1.06 bits per heavy atom. The van der Waals surface area contributed by atoms with E-state index in [4.69, 9.17) is 20.9 Å². The van der Waals surface area contributed by atoms with Crippen molar-refractivity contribution in [2.24, 2.45) is 11.5 Å². The molecule has 0 bridgehead atoms. The van der Waals surface area contributed by atoms with Crippen LogP contribution < -0.4 is 20.9 Å². The van der Waals surface area contributed by atoms with Crippen molar-refractivity contribution < 1.29 is 9.47 Å². The molecule has 1 aromatic carbocycles. The number of ether oxygens (including phenoxy) is 2. The molecule has 4 N–H and O–H groups in total. The second-order valence-corrected chi connectivity index (χ2v) is 4.15. The monoisotopic (exact) mass is 288 g/mol. The van der Waals surface area contributed by atoms with E-state index in [2.05, 4.69) is 15.9 Å². The molecule has 0 aliphatic carbocycles. The van der Waals surface area contributed by atoms with Crippen molar-refractivity contribution in [3.63, 3.8) is 0 Å². The molecular formula is C11H17BrN2O2. The van der Waals surface area contributed by atoms with E-state index in [0.29, 0.717) is 32.1 Å². The van der Waals surface area contributed by atoms with Crippen LogP contribution in [0.25, 0.3) is 0 Å². The Bertz CT molecular complexity index is 312. The fourth-order valence-corrected chi connectivity index (χ4v) is 1.70. The van der Waals surface area contributed by atoms with Gasteiger partial charge in [-0.05, 0) is 34.5 Å². The fourth-order valence-electron chi connectivity index (χ4n) is 1.27. The molecule has 0 saturated carbocycles. The molecule has 90 valence electrons. The fraction of sp³-hybridized carbons (Fsp3) is 0.455. The Labute approximate surface area is 104 Å². The zero-order chi connectivity index (χ0) is 12.0. The molecule has 0 heterocycles. The lowest BCUT2D eigenvalue weighted by Gasteiger charge is -2.15. The highest BCUT2D eigenvalue weighted by molar-refractivity contribution is 9.10. The number of hydrogen-bond donors (Lipinski definition) is 2. The van der Waals surface area contributed by atoms with E-state index < -0.39 is 0 Å². The lowest BCUT2D eigenvalue weighted by molar-refractivity contribution is 0.275. The van der Waals surface area contributed by atoms with Gasteiger partial charge >= 0.3 is 0 Å². The van der Waals surface area contributed by atoms with Gasteiger partial charge in [0.15, 0.2) is 11.5 Å². The summed E-state index contributed by atoms with van der Waals surface area (Å²) in [4.78, 5) is 0. The lowest BCUT2D eigenvalue weighted by atomic mass is 10.2. The normalized spacial score (nSPS) is 10.2. The summed E-state index contributed by atoms with van der Waals surface area (Å²) >= 11 is 3.43. The second-order valence-electron chi connectivity index (χ2n) is 3.30. The molecule has 0 atom stereocenters. The molecule has 0 aliphatic heterocycles. The summed E-state index contributed by atoms with van der Waals surface area (Å²) in [6.07, 6.45) is 0. The van der Waals surface area contributed by atoms with E-state index in [1.54, 1.807) is 0 Å². The number of rotatable bonds is 6. The minimum absolute atomic E-state index is 0.459. The Morgan fingerprint density at radius 2 is 1.62 bits per heavy atom.